The third-order valence-corrected chi connectivity index (χ3v) is 5.86. The molecule has 1 aromatic heterocycles. The number of nitrogens with one attached hydrogen (secondary N) is 2. The van der Waals surface area contributed by atoms with Gasteiger partial charge in [0.05, 0.1) is 30.0 Å². The molecule has 0 spiro atoms. The molecule has 0 saturated heterocycles. The first-order valence-electron chi connectivity index (χ1n) is 10.3. The minimum atomic E-state index is -0.948. The van der Waals surface area contributed by atoms with Crippen LogP contribution in [0.3, 0.4) is 0 Å². The Morgan fingerprint density at radius 1 is 1.19 bits per heavy atom. The number of carbonyl (C=O) groups excluding carboxylic acids is 1. The summed E-state index contributed by atoms with van der Waals surface area (Å²) < 4.78 is 47.1. The van der Waals surface area contributed by atoms with Crippen molar-refractivity contribution in [3.8, 4) is 11.3 Å². The molecule has 170 valence electrons. The molecule has 6 nitrogen and oxygen atoms in total. The van der Waals surface area contributed by atoms with Gasteiger partial charge in [-0.25, -0.2) is 18.0 Å². The molecule has 9 heteroatoms. The van der Waals surface area contributed by atoms with Crippen LogP contribution in [0.4, 0.5) is 18.0 Å². The van der Waals surface area contributed by atoms with Crippen molar-refractivity contribution in [1.29, 1.82) is 0 Å². The van der Waals surface area contributed by atoms with Crippen LogP contribution in [0.1, 0.15) is 31.2 Å². The number of hydrogen-bond acceptors (Lipinski definition) is 4. The molecular formula is C23H23F3N2O4. The Hall–Kier alpha value is -3.04. The second kappa shape index (κ2) is 8.84. The predicted octanol–water partition coefficient (Wildman–Crippen LogP) is 3.97. The van der Waals surface area contributed by atoms with E-state index >= 15 is 0 Å². The number of halogens is 3. The van der Waals surface area contributed by atoms with Crippen molar-refractivity contribution < 1.29 is 32.9 Å². The highest BCUT2D eigenvalue weighted by Gasteiger charge is 2.37. The third-order valence-electron chi connectivity index (χ3n) is 5.86. The number of H-pyrrole nitrogens is 1. The second-order valence-corrected chi connectivity index (χ2v) is 8.10. The molecule has 4 N–H and O–H groups in total. The summed E-state index contributed by atoms with van der Waals surface area (Å²) >= 11 is 0. The maximum Gasteiger partial charge on any atom is 0.407 e. The van der Waals surface area contributed by atoms with Crippen molar-refractivity contribution >= 4 is 17.0 Å². The molecule has 1 aliphatic carbocycles. The van der Waals surface area contributed by atoms with Crippen molar-refractivity contribution in [1.82, 2.24) is 10.3 Å². The number of benzene rings is 2. The summed E-state index contributed by atoms with van der Waals surface area (Å²) in [4.78, 5) is 15.0. The fourth-order valence-electron chi connectivity index (χ4n) is 4.06. The first-order valence-corrected chi connectivity index (χ1v) is 10.3. The SMILES string of the molecule is C[C@H](O)[C@H](CO)NC(=O)O[C@H]1C[C@H](c2c(-c3ccc(F)cc3)[nH]c3c(F)cc(F)cc32)C1. The molecule has 1 aliphatic rings. The van der Waals surface area contributed by atoms with Gasteiger partial charge in [-0.2, -0.15) is 0 Å². The lowest BCUT2D eigenvalue weighted by molar-refractivity contribution is 0.0288. The van der Waals surface area contributed by atoms with Crippen LogP contribution < -0.4 is 5.32 Å². The highest BCUT2D eigenvalue weighted by molar-refractivity contribution is 5.92. The Morgan fingerprint density at radius 3 is 2.50 bits per heavy atom. The number of alkyl carbamates (subject to hydrolysis) is 1. The minimum Gasteiger partial charge on any atom is -0.446 e. The van der Waals surface area contributed by atoms with Gasteiger partial charge >= 0.3 is 6.09 Å². The minimum absolute atomic E-state index is 0.145. The standard InChI is InChI=1S/C23H23F3N2O4/c1-11(30)19(10-29)27-23(31)32-16-6-13(7-16)20-17-8-15(25)9-18(26)22(17)28-21(20)12-2-4-14(24)5-3-12/h2-5,8-9,11,13,16,19,28-30H,6-7,10H2,1H3,(H,27,31)/t11-,13-,16-,19-/m0/s1. The topological polar surface area (TPSA) is 94.6 Å². The van der Waals surface area contributed by atoms with Gasteiger partial charge < -0.3 is 25.3 Å². The van der Waals surface area contributed by atoms with Gasteiger partial charge in [0.15, 0.2) is 0 Å². The molecule has 3 aromatic rings. The lowest BCUT2D eigenvalue weighted by atomic mass is 9.75. The number of aromatic amines is 1. The summed E-state index contributed by atoms with van der Waals surface area (Å²) in [5.41, 5.74) is 2.03. The van der Waals surface area contributed by atoms with E-state index in [0.29, 0.717) is 35.0 Å². The maximum atomic E-state index is 14.4. The molecule has 2 atom stereocenters. The number of hydrogen-bond donors (Lipinski definition) is 4. The molecule has 0 radical (unpaired) electrons. The van der Waals surface area contributed by atoms with E-state index in [9.17, 15) is 28.2 Å². The number of aliphatic hydroxyl groups excluding tert-OH is 2. The highest BCUT2D eigenvalue weighted by Crippen LogP contribution is 2.46. The number of aliphatic hydroxyl groups is 2. The van der Waals surface area contributed by atoms with Crippen LogP contribution in [0.2, 0.25) is 0 Å². The van der Waals surface area contributed by atoms with Gasteiger partial charge in [-0.3, -0.25) is 0 Å². The highest BCUT2D eigenvalue weighted by atomic mass is 19.1. The molecule has 2 aromatic carbocycles. The van der Waals surface area contributed by atoms with E-state index in [1.54, 1.807) is 12.1 Å². The zero-order chi connectivity index (χ0) is 23.0. The monoisotopic (exact) mass is 448 g/mol. The number of carbonyl (C=O) groups is 1. The van der Waals surface area contributed by atoms with Crippen molar-refractivity contribution in [2.75, 3.05) is 6.61 Å². The molecule has 0 unspecified atom stereocenters. The van der Waals surface area contributed by atoms with Crippen LogP contribution in [0.25, 0.3) is 22.2 Å². The fraction of sp³-hybridized carbons (Fsp3) is 0.348. The smallest absolute Gasteiger partial charge is 0.407 e. The molecular weight excluding hydrogens is 425 g/mol. The van der Waals surface area contributed by atoms with E-state index in [4.69, 9.17) is 4.74 Å². The van der Waals surface area contributed by atoms with Crippen LogP contribution in [0, 0.1) is 17.5 Å². The Kier molecular flexibility index (Phi) is 6.12. The normalized spacial score (nSPS) is 19.9. The summed E-state index contributed by atoms with van der Waals surface area (Å²) in [6.45, 7) is 1.00. The Morgan fingerprint density at radius 2 is 1.88 bits per heavy atom. The Bertz CT molecular complexity index is 1120. The second-order valence-electron chi connectivity index (χ2n) is 8.10. The quantitative estimate of drug-likeness (QED) is 0.459. The largest absolute Gasteiger partial charge is 0.446 e. The van der Waals surface area contributed by atoms with Gasteiger partial charge in [-0.05, 0) is 67.1 Å². The maximum absolute atomic E-state index is 14.4. The summed E-state index contributed by atoms with van der Waals surface area (Å²) in [7, 11) is 0. The zero-order valence-electron chi connectivity index (χ0n) is 17.2. The van der Waals surface area contributed by atoms with E-state index in [-0.39, 0.29) is 11.4 Å². The van der Waals surface area contributed by atoms with Gasteiger partial charge in [-0.1, -0.05) is 0 Å². The van der Waals surface area contributed by atoms with Crippen molar-refractivity contribution in [2.24, 2.45) is 0 Å². The van der Waals surface area contributed by atoms with Crippen LogP contribution in [0.5, 0.6) is 0 Å². The average molecular weight is 448 g/mol. The van der Waals surface area contributed by atoms with Crippen molar-refractivity contribution in [3.05, 3.63) is 59.4 Å². The van der Waals surface area contributed by atoms with Crippen LogP contribution in [-0.2, 0) is 4.74 Å². The lowest BCUT2D eigenvalue weighted by Gasteiger charge is -2.35. The number of rotatable bonds is 6. The number of ether oxygens (including phenoxy) is 1. The Balaban J connectivity index is 1.57. The van der Waals surface area contributed by atoms with E-state index < -0.39 is 48.4 Å². The molecule has 32 heavy (non-hydrogen) atoms. The van der Waals surface area contributed by atoms with E-state index in [1.165, 1.54) is 25.1 Å². The predicted molar refractivity (Wildman–Crippen MR) is 112 cm³/mol. The van der Waals surface area contributed by atoms with E-state index in [0.717, 1.165) is 6.07 Å². The molecule has 0 aliphatic heterocycles. The molecule has 1 heterocycles. The van der Waals surface area contributed by atoms with Gasteiger partial charge in [-0.15, -0.1) is 0 Å². The Labute approximate surface area is 182 Å². The molecule has 1 fully saturated rings. The first kappa shape index (κ1) is 22.2. The van der Waals surface area contributed by atoms with Gasteiger partial charge in [0.1, 0.15) is 23.6 Å². The van der Waals surface area contributed by atoms with E-state index in [2.05, 4.69) is 10.3 Å². The van der Waals surface area contributed by atoms with Gasteiger partial charge in [0.2, 0.25) is 0 Å². The number of aromatic nitrogens is 1. The van der Waals surface area contributed by atoms with Crippen molar-refractivity contribution in [3.63, 3.8) is 0 Å². The molecule has 1 saturated carbocycles. The summed E-state index contributed by atoms with van der Waals surface area (Å²) in [6, 6.07) is 6.91. The van der Waals surface area contributed by atoms with Gasteiger partial charge in [0.25, 0.3) is 0 Å². The third kappa shape index (κ3) is 4.31. The van der Waals surface area contributed by atoms with Crippen molar-refractivity contribution in [2.45, 2.75) is 43.9 Å². The summed E-state index contributed by atoms with van der Waals surface area (Å²) in [5, 5.41) is 21.5. The van der Waals surface area contributed by atoms with Gasteiger partial charge in [0, 0.05) is 11.5 Å². The average Bonchev–Trinajstić information content (AvgIpc) is 3.08. The summed E-state index contributed by atoms with van der Waals surface area (Å²) in [5.74, 6) is -1.99. The van der Waals surface area contributed by atoms with Crippen LogP contribution >= 0.6 is 0 Å². The van der Waals surface area contributed by atoms with Crippen LogP contribution in [0.15, 0.2) is 36.4 Å². The zero-order valence-corrected chi connectivity index (χ0v) is 17.2. The number of amides is 1. The molecule has 0 bridgehead atoms. The number of fused-ring (bicyclic) bond motifs is 1. The summed E-state index contributed by atoms with van der Waals surface area (Å²) in [6.07, 6.45) is -1.30. The fourth-order valence-corrected chi connectivity index (χ4v) is 4.06. The van der Waals surface area contributed by atoms with Crippen LogP contribution in [-0.4, -0.2) is 46.1 Å². The molecule has 1 amide bonds. The lowest BCUT2D eigenvalue weighted by Crippen LogP contribution is -2.46. The first-order chi connectivity index (χ1) is 15.3. The molecule has 4 rings (SSSR count). The van der Waals surface area contributed by atoms with E-state index in [1.807, 2.05) is 0 Å².